The van der Waals surface area contributed by atoms with Crippen molar-refractivity contribution in [3.05, 3.63) is 0 Å². The van der Waals surface area contributed by atoms with Gasteiger partial charge in [0.15, 0.2) is 5.78 Å². The fraction of sp³-hybridized carbons (Fsp3) is 0.875. The number of unbranched alkanes of at least 4 members (excludes halogenated alkanes) is 2. The van der Waals surface area contributed by atoms with Gasteiger partial charge in [0.2, 0.25) is 5.91 Å². The van der Waals surface area contributed by atoms with Gasteiger partial charge in [-0.3, -0.25) is 9.59 Å². The molecule has 17 heteroatoms. The number of hydrogen-bond donors (Lipinski definition) is 6. The lowest BCUT2D eigenvalue weighted by Crippen LogP contribution is -2.60. The molecule has 0 aromatic rings. The van der Waals surface area contributed by atoms with Crippen LogP contribution in [-0.4, -0.2) is 122 Å². The Hall–Kier alpha value is -2.64. The first-order valence-corrected chi connectivity index (χ1v) is 17.2. The number of nitrogens with two attached hydrogens (primary N) is 5. The SMILES string of the molecule is CC(C)(C)OC(=O)N(N)[C@@H](CCCCN)C(=O)NC(CCOCCOCCOCCCN)C(=O)[C@H](CCCCN)N(N)C(=O)OC(C)(C)C. The summed E-state index contributed by atoms with van der Waals surface area (Å²) in [6.45, 7) is 13.3. The number of hydrogen-bond acceptors (Lipinski definition) is 14. The van der Waals surface area contributed by atoms with Crippen LogP contribution in [0.4, 0.5) is 9.59 Å². The Morgan fingerprint density at radius 2 is 0.980 bits per heavy atom. The molecule has 0 rings (SSSR count). The molecule has 0 bridgehead atoms. The summed E-state index contributed by atoms with van der Waals surface area (Å²) >= 11 is 0. The number of nitrogens with one attached hydrogen (secondary N) is 1. The Bertz CT molecular complexity index is 947. The first-order chi connectivity index (χ1) is 23.0. The highest BCUT2D eigenvalue weighted by Gasteiger charge is 2.38. The summed E-state index contributed by atoms with van der Waals surface area (Å²) in [6.07, 6.45) is 1.41. The normalized spacial score (nSPS) is 13.7. The number of amides is 3. The molecule has 288 valence electrons. The van der Waals surface area contributed by atoms with E-state index >= 15 is 0 Å². The van der Waals surface area contributed by atoms with Crippen molar-refractivity contribution in [1.29, 1.82) is 0 Å². The number of ether oxygens (including phenoxy) is 5. The van der Waals surface area contributed by atoms with Crippen LogP contribution in [0.5, 0.6) is 0 Å². The highest BCUT2D eigenvalue weighted by molar-refractivity contribution is 5.95. The summed E-state index contributed by atoms with van der Waals surface area (Å²) in [5.74, 6) is 11.1. The average Bonchev–Trinajstić information content (AvgIpc) is 3.00. The Kier molecular flexibility index (Phi) is 24.0. The third-order valence-corrected chi connectivity index (χ3v) is 6.82. The molecule has 0 aliphatic rings. The summed E-state index contributed by atoms with van der Waals surface area (Å²) in [4.78, 5) is 53.7. The van der Waals surface area contributed by atoms with Crippen LogP contribution in [0.25, 0.3) is 0 Å². The van der Waals surface area contributed by atoms with E-state index in [0.29, 0.717) is 65.1 Å². The van der Waals surface area contributed by atoms with Gasteiger partial charge in [-0.25, -0.2) is 31.3 Å². The molecule has 0 radical (unpaired) electrons. The molecule has 0 aliphatic heterocycles. The molecule has 0 aromatic heterocycles. The number of hydrazine groups is 2. The minimum atomic E-state index is -1.19. The van der Waals surface area contributed by atoms with Crippen molar-refractivity contribution in [2.75, 3.05) is 59.3 Å². The Labute approximate surface area is 292 Å². The second kappa shape index (κ2) is 25.3. The van der Waals surface area contributed by atoms with Gasteiger partial charge in [-0.05, 0) is 113 Å². The van der Waals surface area contributed by atoms with Crippen molar-refractivity contribution in [2.45, 2.75) is 122 Å². The number of carbonyl (C=O) groups excluding carboxylic acids is 4. The largest absolute Gasteiger partial charge is 0.443 e. The Balaban J connectivity index is 6.03. The van der Waals surface area contributed by atoms with Crippen LogP contribution in [-0.2, 0) is 33.3 Å². The first-order valence-electron chi connectivity index (χ1n) is 17.2. The van der Waals surface area contributed by atoms with Crippen LogP contribution < -0.4 is 34.2 Å². The van der Waals surface area contributed by atoms with E-state index in [1.807, 2.05) is 0 Å². The van der Waals surface area contributed by atoms with E-state index in [0.717, 1.165) is 16.4 Å². The smallest absolute Gasteiger partial charge is 0.425 e. The van der Waals surface area contributed by atoms with Crippen LogP contribution in [0, 0.1) is 0 Å². The van der Waals surface area contributed by atoms with E-state index < -0.39 is 53.2 Å². The number of ketones is 1. The van der Waals surface area contributed by atoms with Crippen LogP contribution in [0.3, 0.4) is 0 Å². The van der Waals surface area contributed by atoms with Gasteiger partial charge in [-0.2, -0.15) is 0 Å². The molecule has 1 unspecified atom stereocenters. The van der Waals surface area contributed by atoms with Crippen molar-refractivity contribution >= 4 is 23.9 Å². The Morgan fingerprint density at radius 1 is 0.571 bits per heavy atom. The molecule has 0 aliphatic carbocycles. The van der Waals surface area contributed by atoms with Gasteiger partial charge >= 0.3 is 12.2 Å². The van der Waals surface area contributed by atoms with E-state index in [1.54, 1.807) is 41.5 Å². The minimum absolute atomic E-state index is 0.0227. The third kappa shape index (κ3) is 21.9. The predicted molar refractivity (Wildman–Crippen MR) is 186 cm³/mol. The second-order valence-electron chi connectivity index (χ2n) is 13.6. The van der Waals surface area contributed by atoms with Gasteiger partial charge < -0.3 is 46.2 Å². The lowest BCUT2D eigenvalue weighted by molar-refractivity contribution is -0.134. The highest BCUT2D eigenvalue weighted by Crippen LogP contribution is 2.17. The molecular formula is C32H66N8O9. The summed E-state index contributed by atoms with van der Waals surface area (Å²) in [5.41, 5.74) is 15.0. The highest BCUT2D eigenvalue weighted by atomic mass is 16.6. The van der Waals surface area contributed by atoms with Crippen LogP contribution >= 0.6 is 0 Å². The summed E-state index contributed by atoms with van der Waals surface area (Å²) < 4.78 is 27.4. The fourth-order valence-electron chi connectivity index (χ4n) is 4.38. The zero-order chi connectivity index (χ0) is 37.5. The van der Waals surface area contributed by atoms with E-state index in [9.17, 15) is 19.2 Å². The number of carbonyl (C=O) groups is 4. The predicted octanol–water partition coefficient (Wildman–Crippen LogP) is 1.05. The minimum Gasteiger partial charge on any atom is -0.443 e. The van der Waals surface area contributed by atoms with Crippen LogP contribution in [0.1, 0.15) is 92.9 Å². The first kappa shape index (κ1) is 46.4. The summed E-state index contributed by atoms with van der Waals surface area (Å²) in [6, 6.07) is -3.52. The Morgan fingerprint density at radius 3 is 1.43 bits per heavy atom. The average molecular weight is 707 g/mol. The maximum atomic E-state index is 14.1. The second-order valence-corrected chi connectivity index (χ2v) is 13.6. The molecule has 49 heavy (non-hydrogen) atoms. The fourth-order valence-corrected chi connectivity index (χ4v) is 4.38. The van der Waals surface area contributed by atoms with E-state index in [1.165, 1.54) is 0 Å². The maximum Gasteiger partial charge on any atom is 0.425 e. The quantitative estimate of drug-likeness (QED) is 0.0318. The van der Waals surface area contributed by atoms with Crippen molar-refractivity contribution in [3.8, 4) is 0 Å². The number of nitrogens with zero attached hydrogens (tertiary/aromatic N) is 2. The molecule has 3 amide bonds. The molecule has 0 saturated carbocycles. The van der Waals surface area contributed by atoms with Gasteiger partial charge in [0.1, 0.15) is 23.3 Å². The summed E-state index contributed by atoms with van der Waals surface area (Å²) in [5, 5.41) is 4.22. The lowest BCUT2D eigenvalue weighted by atomic mass is 9.96. The van der Waals surface area contributed by atoms with Crippen molar-refractivity contribution in [2.24, 2.45) is 28.9 Å². The van der Waals surface area contributed by atoms with Crippen LogP contribution in [0.15, 0.2) is 0 Å². The number of rotatable bonds is 26. The molecule has 0 aromatic carbocycles. The lowest BCUT2D eigenvalue weighted by Gasteiger charge is -2.33. The molecule has 0 spiro atoms. The molecule has 0 saturated heterocycles. The van der Waals surface area contributed by atoms with E-state index in [4.69, 9.17) is 52.6 Å². The van der Waals surface area contributed by atoms with Crippen molar-refractivity contribution < 1.29 is 42.9 Å². The third-order valence-electron chi connectivity index (χ3n) is 6.82. The molecule has 17 nitrogen and oxygen atoms in total. The summed E-state index contributed by atoms with van der Waals surface area (Å²) in [7, 11) is 0. The topological polar surface area (TPSA) is 263 Å². The standard InChI is InChI=1S/C32H66N8O9/c1-31(2,3)48-29(43)39(36)25(12-7-9-15-33)27(41)24(14-19-46-21-23-47-22-20-45-18-11-17-35)38-28(42)26(13-8-10-16-34)40(37)30(44)49-32(4,5)6/h24-26H,7-23,33-37H2,1-6H3,(H,38,42)/t24?,25-,26-/m0/s1. The van der Waals surface area contributed by atoms with Gasteiger partial charge in [-0.15, -0.1) is 0 Å². The van der Waals surface area contributed by atoms with Gasteiger partial charge in [-0.1, -0.05) is 0 Å². The molecule has 3 atom stereocenters. The number of Topliss-reactive ketones (excluding diaryl/α,β-unsaturated/α-hetero) is 1. The van der Waals surface area contributed by atoms with Crippen molar-refractivity contribution in [1.82, 2.24) is 15.3 Å². The van der Waals surface area contributed by atoms with Gasteiger partial charge in [0.05, 0.1) is 32.5 Å². The van der Waals surface area contributed by atoms with E-state index in [2.05, 4.69) is 5.32 Å². The zero-order valence-corrected chi connectivity index (χ0v) is 30.7. The molecule has 0 heterocycles. The van der Waals surface area contributed by atoms with Gasteiger partial charge in [0, 0.05) is 13.2 Å². The van der Waals surface area contributed by atoms with Crippen molar-refractivity contribution in [3.63, 3.8) is 0 Å². The molecular weight excluding hydrogens is 640 g/mol. The van der Waals surface area contributed by atoms with E-state index in [-0.39, 0.29) is 39.1 Å². The van der Waals surface area contributed by atoms with Crippen LogP contribution in [0.2, 0.25) is 0 Å². The maximum absolute atomic E-state index is 14.1. The molecule has 0 fully saturated rings. The zero-order valence-electron chi connectivity index (χ0n) is 30.7. The molecule has 11 N–H and O–H groups in total. The van der Waals surface area contributed by atoms with Gasteiger partial charge in [0.25, 0.3) is 0 Å². The monoisotopic (exact) mass is 706 g/mol.